The number of pyridine rings is 1. The molecule has 6 heteroatoms. The Kier molecular flexibility index (Phi) is 4.20. The first-order chi connectivity index (χ1) is 8.49. The second-order valence-electron chi connectivity index (χ2n) is 4.09. The highest BCUT2D eigenvalue weighted by Crippen LogP contribution is 2.31. The van der Waals surface area contributed by atoms with Gasteiger partial charge in [-0.15, -0.1) is 0 Å². The Balaban J connectivity index is 2.55. The van der Waals surface area contributed by atoms with Crippen molar-refractivity contribution in [3.8, 4) is 11.4 Å². The van der Waals surface area contributed by atoms with E-state index in [-0.39, 0.29) is 5.92 Å². The van der Waals surface area contributed by atoms with Gasteiger partial charge in [-0.1, -0.05) is 37.0 Å². The van der Waals surface area contributed by atoms with E-state index in [0.29, 0.717) is 16.1 Å². The molecule has 18 heavy (non-hydrogen) atoms. The van der Waals surface area contributed by atoms with Crippen molar-refractivity contribution in [3.63, 3.8) is 0 Å². The van der Waals surface area contributed by atoms with E-state index in [4.69, 9.17) is 23.2 Å². The maximum absolute atomic E-state index is 6.15. The van der Waals surface area contributed by atoms with Gasteiger partial charge >= 0.3 is 0 Å². The van der Waals surface area contributed by atoms with Crippen molar-refractivity contribution < 1.29 is 0 Å². The topological polar surface area (TPSA) is 38.7 Å². The third-order valence-electron chi connectivity index (χ3n) is 2.39. The summed E-state index contributed by atoms with van der Waals surface area (Å²) in [7, 11) is 0. The highest BCUT2D eigenvalue weighted by Gasteiger charge is 2.15. The Labute approximate surface area is 124 Å². The van der Waals surface area contributed by atoms with Crippen LogP contribution in [0, 0.1) is 0 Å². The van der Waals surface area contributed by atoms with Gasteiger partial charge in [-0.2, -0.15) is 0 Å². The Bertz CT molecular complexity index is 564. The van der Waals surface area contributed by atoms with Gasteiger partial charge in [0.25, 0.3) is 0 Å². The largest absolute Gasteiger partial charge is 0.263 e. The second kappa shape index (κ2) is 5.51. The first-order valence-electron chi connectivity index (χ1n) is 5.33. The van der Waals surface area contributed by atoms with Crippen LogP contribution in [0.15, 0.2) is 22.9 Å². The number of aromatic nitrogens is 3. The third kappa shape index (κ3) is 2.82. The maximum atomic E-state index is 6.15. The normalized spacial score (nSPS) is 11.0. The fourth-order valence-electron chi connectivity index (χ4n) is 1.56. The zero-order chi connectivity index (χ0) is 13.3. The van der Waals surface area contributed by atoms with Gasteiger partial charge in [-0.05, 0) is 27.9 Å². The van der Waals surface area contributed by atoms with Crippen LogP contribution in [0.1, 0.15) is 25.3 Å². The predicted molar refractivity (Wildman–Crippen MR) is 77.1 cm³/mol. The van der Waals surface area contributed by atoms with Gasteiger partial charge < -0.3 is 0 Å². The van der Waals surface area contributed by atoms with Gasteiger partial charge in [0.1, 0.15) is 10.3 Å². The van der Waals surface area contributed by atoms with E-state index in [1.54, 1.807) is 12.4 Å². The minimum Gasteiger partial charge on any atom is -0.263 e. The molecule has 0 saturated carbocycles. The van der Waals surface area contributed by atoms with E-state index in [9.17, 15) is 0 Å². The maximum Gasteiger partial charge on any atom is 0.164 e. The average molecular weight is 347 g/mol. The molecule has 0 aliphatic carbocycles. The molecule has 0 amide bonds. The Morgan fingerprint density at radius 2 is 1.72 bits per heavy atom. The molecule has 2 aromatic rings. The molecule has 0 bridgehead atoms. The van der Waals surface area contributed by atoms with Crippen LogP contribution in [0.5, 0.6) is 0 Å². The molecule has 2 aromatic heterocycles. The zero-order valence-electron chi connectivity index (χ0n) is 9.78. The number of hydrogen-bond donors (Lipinski definition) is 0. The van der Waals surface area contributed by atoms with Gasteiger partial charge in [0, 0.05) is 28.0 Å². The zero-order valence-corrected chi connectivity index (χ0v) is 12.9. The van der Waals surface area contributed by atoms with Crippen LogP contribution in [0.2, 0.25) is 10.3 Å². The molecule has 3 nitrogen and oxygen atoms in total. The lowest BCUT2D eigenvalue weighted by Crippen LogP contribution is -1.99. The van der Waals surface area contributed by atoms with Gasteiger partial charge in [0.15, 0.2) is 5.82 Å². The van der Waals surface area contributed by atoms with Crippen molar-refractivity contribution in [3.05, 3.63) is 38.8 Å². The molecule has 0 spiro atoms. The summed E-state index contributed by atoms with van der Waals surface area (Å²) in [5.74, 6) is 0.655. The molecule has 0 aromatic carbocycles. The fraction of sp³-hybridized carbons (Fsp3) is 0.250. The van der Waals surface area contributed by atoms with Crippen molar-refractivity contribution in [2.75, 3.05) is 0 Å². The molecule has 2 heterocycles. The molecule has 0 unspecified atom stereocenters. The fourth-order valence-corrected chi connectivity index (χ4v) is 2.74. The lowest BCUT2D eigenvalue weighted by molar-refractivity contribution is 0.848. The van der Waals surface area contributed by atoms with Gasteiger partial charge in [-0.3, -0.25) is 4.98 Å². The molecular formula is C12H10BrCl2N3. The Hall–Kier alpha value is -0.710. The number of nitrogens with zero attached hydrogens (tertiary/aromatic N) is 3. The second-order valence-corrected chi connectivity index (χ2v) is 5.72. The molecule has 0 aliphatic rings. The van der Waals surface area contributed by atoms with Gasteiger partial charge in [-0.25, -0.2) is 9.97 Å². The van der Waals surface area contributed by atoms with E-state index in [0.717, 1.165) is 15.6 Å². The smallest absolute Gasteiger partial charge is 0.164 e. The summed E-state index contributed by atoms with van der Waals surface area (Å²) in [5, 5.41) is 0.778. The van der Waals surface area contributed by atoms with Crippen molar-refractivity contribution in [2.24, 2.45) is 0 Å². The highest BCUT2D eigenvalue weighted by molar-refractivity contribution is 9.10. The molecule has 0 saturated heterocycles. The molecule has 0 N–H and O–H groups in total. The molecule has 2 rings (SSSR count). The molecule has 0 aliphatic heterocycles. The van der Waals surface area contributed by atoms with Crippen LogP contribution in [0.4, 0.5) is 0 Å². The van der Waals surface area contributed by atoms with Crippen LogP contribution < -0.4 is 0 Å². The third-order valence-corrected chi connectivity index (χ3v) is 3.40. The molecule has 0 fully saturated rings. The summed E-state index contributed by atoms with van der Waals surface area (Å²) in [5.41, 5.74) is 1.54. The summed E-state index contributed by atoms with van der Waals surface area (Å²) in [4.78, 5) is 12.6. The Morgan fingerprint density at radius 1 is 1.11 bits per heavy atom. The van der Waals surface area contributed by atoms with Crippen molar-refractivity contribution in [2.45, 2.75) is 19.8 Å². The number of halogens is 3. The van der Waals surface area contributed by atoms with Crippen molar-refractivity contribution in [1.29, 1.82) is 0 Å². The van der Waals surface area contributed by atoms with Crippen molar-refractivity contribution in [1.82, 2.24) is 15.0 Å². The first kappa shape index (κ1) is 13.7. The van der Waals surface area contributed by atoms with E-state index in [1.807, 2.05) is 19.9 Å². The first-order valence-corrected chi connectivity index (χ1v) is 6.87. The van der Waals surface area contributed by atoms with Crippen molar-refractivity contribution >= 4 is 39.1 Å². The summed E-state index contributed by atoms with van der Waals surface area (Å²) < 4.78 is 0.851. The number of rotatable bonds is 2. The predicted octanol–water partition coefficient (Wildman–Crippen LogP) is 4.73. The summed E-state index contributed by atoms with van der Waals surface area (Å²) in [6.45, 7) is 3.99. The monoisotopic (exact) mass is 345 g/mol. The minimum atomic E-state index is 0.180. The van der Waals surface area contributed by atoms with Crippen LogP contribution in [0.25, 0.3) is 11.4 Å². The molecule has 0 atom stereocenters. The van der Waals surface area contributed by atoms with E-state index < -0.39 is 0 Å². The minimum absolute atomic E-state index is 0.180. The highest BCUT2D eigenvalue weighted by atomic mass is 79.9. The summed E-state index contributed by atoms with van der Waals surface area (Å²) >= 11 is 15.7. The molecule has 0 radical (unpaired) electrons. The summed E-state index contributed by atoms with van der Waals surface area (Å²) in [6.07, 6.45) is 3.36. The number of hydrogen-bond acceptors (Lipinski definition) is 3. The Morgan fingerprint density at radius 3 is 2.22 bits per heavy atom. The van der Waals surface area contributed by atoms with Gasteiger partial charge in [0.05, 0.1) is 0 Å². The molecule has 94 valence electrons. The van der Waals surface area contributed by atoms with E-state index in [2.05, 4.69) is 30.9 Å². The molecular weight excluding hydrogens is 337 g/mol. The average Bonchev–Trinajstić information content (AvgIpc) is 2.27. The van der Waals surface area contributed by atoms with Crippen LogP contribution in [-0.4, -0.2) is 15.0 Å². The summed E-state index contributed by atoms with van der Waals surface area (Å²) in [6, 6.07) is 1.87. The van der Waals surface area contributed by atoms with Crippen LogP contribution in [-0.2, 0) is 0 Å². The van der Waals surface area contributed by atoms with E-state index in [1.165, 1.54) is 0 Å². The van der Waals surface area contributed by atoms with Crippen LogP contribution >= 0.6 is 39.1 Å². The van der Waals surface area contributed by atoms with Crippen LogP contribution in [0.3, 0.4) is 0 Å². The lowest BCUT2D eigenvalue weighted by atomic mass is 10.1. The van der Waals surface area contributed by atoms with Gasteiger partial charge in [0.2, 0.25) is 0 Å². The quantitative estimate of drug-likeness (QED) is 0.738. The SMILES string of the molecule is CC(C)c1c(Cl)nc(-c2cncc(Br)c2)nc1Cl. The standard InChI is InChI=1S/C12H10BrCl2N3/c1-6(2)9-10(14)17-12(18-11(9)15)7-3-8(13)5-16-4-7/h3-6H,1-2H3. The lowest BCUT2D eigenvalue weighted by Gasteiger charge is -2.10. The van der Waals surface area contributed by atoms with E-state index >= 15 is 0 Å².